The highest BCUT2D eigenvalue weighted by Crippen LogP contribution is 2.15. The molecule has 0 radical (unpaired) electrons. The molecule has 0 aromatic carbocycles. The van der Waals surface area contributed by atoms with Crippen LogP contribution in [0.2, 0.25) is 5.11 Å². The van der Waals surface area contributed by atoms with Crippen LogP contribution >= 0.6 is 0 Å². The van der Waals surface area contributed by atoms with Gasteiger partial charge >= 0.3 is 0 Å². The molecule has 0 spiro atoms. The maximum absolute atomic E-state index is 8.88. The lowest BCUT2D eigenvalue weighted by molar-refractivity contribution is 0.267. The summed E-state index contributed by atoms with van der Waals surface area (Å²) in [7, 11) is 6.30. The van der Waals surface area contributed by atoms with Crippen molar-refractivity contribution in [3.63, 3.8) is 0 Å². The zero-order valence-electron chi connectivity index (χ0n) is 10.1. The van der Waals surface area contributed by atoms with Gasteiger partial charge in [-0.1, -0.05) is 11.2 Å². The van der Waals surface area contributed by atoms with E-state index in [1.807, 2.05) is 6.07 Å². The SMILES string of the molecule is BC(B)(B)COc1ccc([C@@H](N)CO)cn1. The Morgan fingerprint density at radius 1 is 1.44 bits per heavy atom. The van der Waals surface area contributed by atoms with Crippen molar-refractivity contribution in [2.75, 3.05) is 13.2 Å². The molecule has 0 aliphatic heterocycles. The molecule has 7 heteroatoms. The molecule has 1 atom stereocenters. The summed E-state index contributed by atoms with van der Waals surface area (Å²) in [6.07, 6.45) is 1.64. The number of nitrogens with zero attached hydrogens (tertiary/aromatic N) is 1. The van der Waals surface area contributed by atoms with Gasteiger partial charge in [0, 0.05) is 12.3 Å². The fourth-order valence-corrected chi connectivity index (χ4v) is 1.09. The van der Waals surface area contributed by atoms with Crippen molar-refractivity contribution in [1.82, 2.24) is 4.98 Å². The lowest BCUT2D eigenvalue weighted by atomic mass is 9.43. The fraction of sp³-hybridized carbons (Fsp3) is 0.444. The Morgan fingerprint density at radius 2 is 2.12 bits per heavy atom. The molecule has 1 heterocycles. The van der Waals surface area contributed by atoms with E-state index in [-0.39, 0.29) is 17.8 Å². The van der Waals surface area contributed by atoms with E-state index in [9.17, 15) is 0 Å². The molecule has 0 aliphatic carbocycles. The number of ether oxygens (including phenoxy) is 1. The second-order valence-electron chi connectivity index (χ2n) is 5.07. The maximum atomic E-state index is 8.88. The van der Waals surface area contributed by atoms with Crippen molar-refractivity contribution in [2.45, 2.75) is 11.2 Å². The molecule has 16 heavy (non-hydrogen) atoms. The molecule has 0 aliphatic rings. The molecule has 0 amide bonds. The highest BCUT2D eigenvalue weighted by molar-refractivity contribution is 6.59. The minimum atomic E-state index is -0.371. The first-order valence-corrected chi connectivity index (χ1v) is 5.37. The quantitative estimate of drug-likeness (QED) is 0.532. The smallest absolute Gasteiger partial charge is 0.213 e. The first-order valence-electron chi connectivity index (χ1n) is 5.37. The van der Waals surface area contributed by atoms with Gasteiger partial charge in [0.25, 0.3) is 0 Å². The fourth-order valence-electron chi connectivity index (χ4n) is 1.09. The Kier molecular flexibility index (Phi) is 4.44. The van der Waals surface area contributed by atoms with Gasteiger partial charge in [0.05, 0.1) is 42.8 Å². The summed E-state index contributed by atoms with van der Waals surface area (Å²) in [6, 6.07) is 3.23. The van der Waals surface area contributed by atoms with Crippen LogP contribution in [0.3, 0.4) is 0 Å². The second-order valence-corrected chi connectivity index (χ2v) is 5.07. The van der Waals surface area contributed by atoms with Crippen molar-refractivity contribution in [3.8, 4) is 5.88 Å². The third-order valence-corrected chi connectivity index (χ3v) is 2.04. The lowest BCUT2D eigenvalue weighted by Crippen LogP contribution is -2.22. The molecule has 3 N–H and O–H groups in total. The molecular formula is C9H17B3N2O2. The largest absolute Gasteiger partial charge is 0.479 e. The van der Waals surface area contributed by atoms with Gasteiger partial charge in [0.1, 0.15) is 0 Å². The van der Waals surface area contributed by atoms with Gasteiger partial charge in [-0.15, -0.1) is 0 Å². The molecule has 0 saturated carbocycles. The van der Waals surface area contributed by atoms with Gasteiger partial charge in [-0.2, -0.15) is 0 Å². The number of aliphatic hydroxyl groups excluding tert-OH is 1. The van der Waals surface area contributed by atoms with Crippen molar-refractivity contribution in [1.29, 1.82) is 0 Å². The number of hydrogen-bond donors (Lipinski definition) is 2. The minimum absolute atomic E-state index is 0.0795. The predicted molar refractivity (Wildman–Crippen MR) is 72.1 cm³/mol. The van der Waals surface area contributed by atoms with Crippen LogP contribution in [0.4, 0.5) is 0 Å². The van der Waals surface area contributed by atoms with Gasteiger partial charge in [-0.3, -0.25) is 0 Å². The number of rotatable bonds is 5. The van der Waals surface area contributed by atoms with E-state index in [1.54, 1.807) is 12.3 Å². The normalized spacial score (nSPS) is 13.4. The summed E-state index contributed by atoms with van der Waals surface area (Å²) in [5, 5.41) is 9.00. The Labute approximate surface area is 98.8 Å². The van der Waals surface area contributed by atoms with E-state index >= 15 is 0 Å². The van der Waals surface area contributed by atoms with Crippen LogP contribution in [0.5, 0.6) is 5.88 Å². The van der Waals surface area contributed by atoms with Crippen molar-refractivity contribution in [2.24, 2.45) is 5.73 Å². The molecular weight excluding hydrogens is 201 g/mol. The van der Waals surface area contributed by atoms with Crippen LogP contribution in [0.25, 0.3) is 0 Å². The summed E-state index contributed by atoms with van der Waals surface area (Å²) >= 11 is 0. The minimum Gasteiger partial charge on any atom is -0.479 e. The molecule has 0 bridgehead atoms. The molecule has 1 rings (SSSR count). The predicted octanol–water partition coefficient (Wildman–Crippen LogP) is -2.57. The van der Waals surface area contributed by atoms with E-state index in [2.05, 4.69) is 28.5 Å². The van der Waals surface area contributed by atoms with Gasteiger partial charge in [0.15, 0.2) is 0 Å². The van der Waals surface area contributed by atoms with Gasteiger partial charge in [0.2, 0.25) is 5.88 Å². The standard InChI is InChI=1S/C9H17B3N2O2/c10-9(11,12)5-16-8-2-1-6(3-14-8)7(13)4-15/h1-3,7,15H,4-5,10-13H2/t7-/m0/s1. The van der Waals surface area contributed by atoms with Crippen LogP contribution in [0, 0.1) is 0 Å². The number of pyridine rings is 1. The van der Waals surface area contributed by atoms with Crippen molar-refractivity contribution >= 4 is 23.5 Å². The van der Waals surface area contributed by atoms with E-state index in [4.69, 9.17) is 15.6 Å². The summed E-state index contributed by atoms with van der Waals surface area (Å²) in [5.74, 6) is 0.587. The summed E-state index contributed by atoms with van der Waals surface area (Å²) in [6.45, 7) is 0.537. The molecule has 1 aromatic rings. The van der Waals surface area contributed by atoms with Crippen LogP contribution in [-0.2, 0) is 0 Å². The Morgan fingerprint density at radius 3 is 2.56 bits per heavy atom. The third kappa shape index (κ3) is 4.29. The topological polar surface area (TPSA) is 68.4 Å². The van der Waals surface area contributed by atoms with Gasteiger partial charge < -0.3 is 15.6 Å². The highest BCUT2D eigenvalue weighted by atomic mass is 16.5. The van der Waals surface area contributed by atoms with Crippen LogP contribution in [0.15, 0.2) is 18.3 Å². The summed E-state index contributed by atoms with van der Waals surface area (Å²) < 4.78 is 5.52. The number of hydrogen-bond acceptors (Lipinski definition) is 4. The molecule has 1 aromatic heterocycles. The maximum Gasteiger partial charge on any atom is 0.213 e. The molecule has 0 fully saturated rings. The monoisotopic (exact) mass is 218 g/mol. The number of aromatic nitrogens is 1. The Hall–Kier alpha value is -0.935. The number of nitrogens with two attached hydrogens (primary N) is 1. The second kappa shape index (κ2) is 5.41. The van der Waals surface area contributed by atoms with E-state index in [0.29, 0.717) is 12.5 Å². The summed E-state index contributed by atoms with van der Waals surface area (Å²) in [5.41, 5.74) is 6.47. The molecule has 0 unspecified atom stereocenters. The molecule has 0 saturated heterocycles. The zero-order chi connectivity index (χ0) is 12.2. The average Bonchev–Trinajstić information content (AvgIpc) is 2.25. The van der Waals surface area contributed by atoms with Crippen LogP contribution in [-0.4, -0.2) is 46.8 Å². The molecule has 4 nitrogen and oxygen atoms in total. The van der Waals surface area contributed by atoms with Gasteiger partial charge in [-0.25, -0.2) is 4.98 Å². The first kappa shape index (κ1) is 13.1. The third-order valence-electron chi connectivity index (χ3n) is 2.04. The van der Waals surface area contributed by atoms with E-state index in [1.165, 1.54) is 0 Å². The lowest BCUT2D eigenvalue weighted by Gasteiger charge is -2.18. The Balaban J connectivity index is 2.58. The Bertz CT molecular complexity index is 327. The van der Waals surface area contributed by atoms with E-state index < -0.39 is 0 Å². The van der Waals surface area contributed by atoms with Crippen molar-refractivity contribution in [3.05, 3.63) is 23.9 Å². The molecule has 84 valence electrons. The number of aliphatic hydroxyl groups is 1. The van der Waals surface area contributed by atoms with Crippen molar-refractivity contribution < 1.29 is 9.84 Å². The highest BCUT2D eigenvalue weighted by Gasteiger charge is 2.12. The van der Waals surface area contributed by atoms with E-state index in [0.717, 1.165) is 5.56 Å². The van der Waals surface area contributed by atoms with Crippen LogP contribution < -0.4 is 10.5 Å². The van der Waals surface area contributed by atoms with Crippen LogP contribution in [0.1, 0.15) is 11.6 Å². The first-order chi connectivity index (χ1) is 7.42. The van der Waals surface area contributed by atoms with Gasteiger partial charge in [-0.05, 0) is 5.56 Å². The average molecular weight is 218 g/mol. The summed E-state index contributed by atoms with van der Waals surface area (Å²) in [4.78, 5) is 4.14. The zero-order valence-corrected chi connectivity index (χ0v) is 10.1.